The molecule has 0 bridgehead atoms. The number of carboxylic acid groups (broad SMARTS) is 1. The topological polar surface area (TPSA) is 49.3 Å². The van der Waals surface area contributed by atoms with Gasteiger partial charge in [0.1, 0.15) is 0 Å². The lowest BCUT2D eigenvalue weighted by Gasteiger charge is -2.21. The van der Waals surface area contributed by atoms with Gasteiger partial charge in [-0.3, -0.25) is 4.79 Å². The van der Waals surface area contributed by atoms with Crippen LogP contribution in [0.1, 0.15) is 39.5 Å². The second kappa shape index (κ2) is 5.35. The van der Waals surface area contributed by atoms with Gasteiger partial charge in [-0.2, -0.15) is 0 Å². The number of hydrogen-bond acceptors (Lipinski definition) is 2. The van der Waals surface area contributed by atoms with E-state index in [-0.39, 0.29) is 5.92 Å². The van der Waals surface area contributed by atoms with Crippen LogP contribution in [0.3, 0.4) is 0 Å². The summed E-state index contributed by atoms with van der Waals surface area (Å²) in [5.74, 6) is -0.231. The fourth-order valence-electron chi connectivity index (χ4n) is 2.07. The first-order valence-corrected chi connectivity index (χ1v) is 5.57. The molecule has 0 aromatic rings. The summed E-state index contributed by atoms with van der Waals surface area (Å²) in [7, 11) is 0. The largest absolute Gasteiger partial charge is 0.481 e. The Morgan fingerprint density at radius 1 is 1.43 bits per heavy atom. The van der Waals surface area contributed by atoms with Crippen LogP contribution in [0.15, 0.2) is 0 Å². The predicted octanol–water partition coefficient (Wildman–Crippen LogP) is 1.88. The highest BCUT2D eigenvalue weighted by molar-refractivity contribution is 5.69. The summed E-state index contributed by atoms with van der Waals surface area (Å²) in [6.07, 6.45) is 5.28. The molecule has 82 valence electrons. The maximum absolute atomic E-state index is 10.6. The van der Waals surface area contributed by atoms with E-state index in [1.807, 2.05) is 0 Å². The number of nitrogens with one attached hydrogen (secondary N) is 1. The third-order valence-corrected chi connectivity index (χ3v) is 3.27. The predicted molar refractivity (Wildman–Crippen MR) is 56.2 cm³/mol. The van der Waals surface area contributed by atoms with Gasteiger partial charge in [-0.15, -0.1) is 0 Å². The molecule has 0 amide bonds. The molecular weight excluding hydrogens is 178 g/mol. The van der Waals surface area contributed by atoms with E-state index >= 15 is 0 Å². The Morgan fingerprint density at radius 2 is 2.00 bits per heavy atom. The molecule has 0 aromatic heterocycles. The van der Waals surface area contributed by atoms with Gasteiger partial charge in [0.2, 0.25) is 0 Å². The smallest absolute Gasteiger partial charge is 0.307 e. The molecule has 3 heteroatoms. The molecule has 1 aliphatic carbocycles. The standard InChI is InChI=1S/C11H21NO2/c1-8(11(13)14)7-12-9(2)10-5-3-4-6-10/h8-10,12H,3-7H2,1-2H3,(H,13,14). The van der Waals surface area contributed by atoms with Crippen LogP contribution in [0.25, 0.3) is 0 Å². The Balaban J connectivity index is 2.19. The monoisotopic (exact) mass is 199 g/mol. The highest BCUT2D eigenvalue weighted by atomic mass is 16.4. The van der Waals surface area contributed by atoms with Crippen molar-refractivity contribution in [2.75, 3.05) is 6.54 Å². The summed E-state index contributed by atoms with van der Waals surface area (Å²) in [6, 6.07) is 0.472. The molecule has 1 aliphatic rings. The molecule has 0 aliphatic heterocycles. The molecule has 2 N–H and O–H groups in total. The molecule has 14 heavy (non-hydrogen) atoms. The summed E-state index contributed by atoms with van der Waals surface area (Å²) >= 11 is 0. The number of carbonyl (C=O) groups is 1. The van der Waals surface area contributed by atoms with Crippen molar-refractivity contribution in [3.05, 3.63) is 0 Å². The number of rotatable bonds is 5. The van der Waals surface area contributed by atoms with E-state index in [2.05, 4.69) is 12.2 Å². The SMILES string of the molecule is CC(CNC(C)C1CCCC1)C(=O)O. The van der Waals surface area contributed by atoms with Crippen LogP contribution in [-0.2, 0) is 4.79 Å². The van der Waals surface area contributed by atoms with E-state index < -0.39 is 5.97 Å². The summed E-state index contributed by atoms with van der Waals surface area (Å²) < 4.78 is 0. The molecule has 0 heterocycles. The van der Waals surface area contributed by atoms with E-state index in [1.165, 1.54) is 25.7 Å². The first kappa shape index (κ1) is 11.5. The van der Waals surface area contributed by atoms with Crippen LogP contribution in [0.4, 0.5) is 0 Å². The van der Waals surface area contributed by atoms with Gasteiger partial charge < -0.3 is 10.4 Å². The first-order valence-electron chi connectivity index (χ1n) is 5.57. The normalized spacial score (nSPS) is 22.1. The van der Waals surface area contributed by atoms with Crippen molar-refractivity contribution >= 4 is 5.97 Å². The Morgan fingerprint density at radius 3 is 2.50 bits per heavy atom. The third kappa shape index (κ3) is 3.29. The van der Waals surface area contributed by atoms with E-state index in [0.29, 0.717) is 12.6 Å². The maximum atomic E-state index is 10.6. The minimum Gasteiger partial charge on any atom is -0.481 e. The average molecular weight is 199 g/mol. The molecule has 1 fully saturated rings. The molecule has 2 atom stereocenters. The molecular formula is C11H21NO2. The van der Waals surface area contributed by atoms with Gasteiger partial charge in [0, 0.05) is 12.6 Å². The van der Waals surface area contributed by atoms with Gasteiger partial charge in [-0.1, -0.05) is 19.8 Å². The highest BCUT2D eigenvalue weighted by Gasteiger charge is 2.22. The second-order valence-electron chi connectivity index (χ2n) is 4.48. The molecule has 3 nitrogen and oxygen atoms in total. The van der Waals surface area contributed by atoms with E-state index in [9.17, 15) is 4.79 Å². The molecule has 0 aromatic carbocycles. The Labute approximate surface area is 85.9 Å². The van der Waals surface area contributed by atoms with Crippen molar-refractivity contribution in [3.8, 4) is 0 Å². The van der Waals surface area contributed by atoms with Crippen molar-refractivity contribution in [1.29, 1.82) is 0 Å². The fourth-order valence-corrected chi connectivity index (χ4v) is 2.07. The summed E-state index contributed by atoms with van der Waals surface area (Å²) in [4.78, 5) is 10.6. The third-order valence-electron chi connectivity index (χ3n) is 3.27. The van der Waals surface area contributed by atoms with E-state index in [1.54, 1.807) is 6.92 Å². The fraction of sp³-hybridized carbons (Fsp3) is 0.909. The second-order valence-corrected chi connectivity index (χ2v) is 4.48. The van der Waals surface area contributed by atoms with E-state index in [0.717, 1.165) is 5.92 Å². The minimum absolute atomic E-state index is 0.279. The van der Waals surface area contributed by atoms with Crippen LogP contribution in [-0.4, -0.2) is 23.7 Å². The van der Waals surface area contributed by atoms with Gasteiger partial charge >= 0.3 is 5.97 Å². The average Bonchev–Trinajstić information content (AvgIpc) is 2.66. The molecule has 0 spiro atoms. The highest BCUT2D eigenvalue weighted by Crippen LogP contribution is 2.27. The summed E-state index contributed by atoms with van der Waals surface area (Å²) in [5, 5.41) is 12.0. The zero-order valence-corrected chi connectivity index (χ0v) is 9.12. The quantitative estimate of drug-likeness (QED) is 0.710. The van der Waals surface area contributed by atoms with Crippen LogP contribution >= 0.6 is 0 Å². The van der Waals surface area contributed by atoms with Crippen molar-refractivity contribution in [1.82, 2.24) is 5.32 Å². The van der Waals surface area contributed by atoms with Gasteiger partial charge in [-0.05, 0) is 25.7 Å². The zero-order chi connectivity index (χ0) is 10.6. The van der Waals surface area contributed by atoms with Gasteiger partial charge in [0.15, 0.2) is 0 Å². The Hall–Kier alpha value is -0.570. The number of aliphatic carboxylic acids is 1. The van der Waals surface area contributed by atoms with Crippen LogP contribution in [0, 0.1) is 11.8 Å². The number of carboxylic acids is 1. The van der Waals surface area contributed by atoms with Crippen molar-refractivity contribution < 1.29 is 9.90 Å². The van der Waals surface area contributed by atoms with Gasteiger partial charge in [0.05, 0.1) is 5.92 Å². The lowest BCUT2D eigenvalue weighted by Crippen LogP contribution is -2.37. The van der Waals surface area contributed by atoms with Crippen molar-refractivity contribution in [3.63, 3.8) is 0 Å². The molecule has 1 saturated carbocycles. The van der Waals surface area contributed by atoms with Crippen LogP contribution < -0.4 is 5.32 Å². The van der Waals surface area contributed by atoms with Crippen LogP contribution in [0.5, 0.6) is 0 Å². The van der Waals surface area contributed by atoms with Crippen molar-refractivity contribution in [2.24, 2.45) is 11.8 Å². The molecule has 2 unspecified atom stereocenters. The summed E-state index contributed by atoms with van der Waals surface area (Å²) in [6.45, 7) is 4.51. The Bertz CT molecular complexity index is 188. The lowest BCUT2D eigenvalue weighted by atomic mass is 9.99. The minimum atomic E-state index is -0.712. The lowest BCUT2D eigenvalue weighted by molar-refractivity contribution is -0.141. The maximum Gasteiger partial charge on any atom is 0.307 e. The summed E-state index contributed by atoms with van der Waals surface area (Å²) in [5.41, 5.74) is 0. The molecule has 0 saturated heterocycles. The van der Waals surface area contributed by atoms with Gasteiger partial charge in [-0.25, -0.2) is 0 Å². The van der Waals surface area contributed by atoms with Gasteiger partial charge in [0.25, 0.3) is 0 Å². The molecule has 0 radical (unpaired) electrons. The number of hydrogen-bond donors (Lipinski definition) is 2. The first-order chi connectivity index (χ1) is 6.61. The zero-order valence-electron chi connectivity index (χ0n) is 9.12. The van der Waals surface area contributed by atoms with Crippen molar-refractivity contribution in [2.45, 2.75) is 45.6 Å². The Kier molecular flexibility index (Phi) is 4.39. The van der Waals surface area contributed by atoms with E-state index in [4.69, 9.17) is 5.11 Å². The van der Waals surface area contributed by atoms with Crippen LogP contribution in [0.2, 0.25) is 0 Å². The molecule has 1 rings (SSSR count).